The summed E-state index contributed by atoms with van der Waals surface area (Å²) < 4.78 is 3.34. The number of carbonyl (C=O) groups is 1. The Morgan fingerprint density at radius 1 is 1.07 bits per heavy atom. The highest BCUT2D eigenvalue weighted by atomic mass is 79.9. The van der Waals surface area contributed by atoms with Crippen LogP contribution in [0.3, 0.4) is 0 Å². The molecule has 0 unspecified atom stereocenters. The molecule has 1 amide bonds. The summed E-state index contributed by atoms with van der Waals surface area (Å²) in [7, 11) is 0. The number of rotatable bonds is 3. The van der Waals surface area contributed by atoms with Gasteiger partial charge in [-0.05, 0) is 69.0 Å². The van der Waals surface area contributed by atoms with Gasteiger partial charge in [0.15, 0.2) is 0 Å². The van der Waals surface area contributed by atoms with Crippen molar-refractivity contribution in [1.82, 2.24) is 4.57 Å². The quantitative estimate of drug-likeness (QED) is 0.368. The second-order valence-corrected chi connectivity index (χ2v) is 8.14. The number of carbonyl (C=O) groups excluding carboxylic acids is 1. The van der Waals surface area contributed by atoms with Crippen LogP contribution in [-0.4, -0.2) is 10.5 Å². The van der Waals surface area contributed by atoms with Crippen molar-refractivity contribution >= 4 is 54.4 Å². The van der Waals surface area contributed by atoms with Crippen LogP contribution in [0, 0.1) is 13.0 Å². The maximum absolute atomic E-state index is 12.1. The first kappa shape index (κ1) is 18.0. The van der Waals surface area contributed by atoms with E-state index in [0.29, 0.717) is 12.1 Å². The maximum atomic E-state index is 12.1. The monoisotopic (exact) mass is 441 g/mol. The topological polar surface area (TPSA) is 48.0 Å². The van der Waals surface area contributed by atoms with Gasteiger partial charge in [-0.15, -0.1) is 0 Å². The highest BCUT2D eigenvalue weighted by Gasteiger charge is 2.17. The third-order valence-corrected chi connectivity index (χ3v) is 6.41. The highest BCUT2D eigenvalue weighted by molar-refractivity contribution is 9.10. The van der Waals surface area contributed by atoms with Gasteiger partial charge in [-0.2, -0.15) is 0 Å². The fourth-order valence-electron chi connectivity index (χ4n) is 4.11. The van der Waals surface area contributed by atoms with Gasteiger partial charge in [0.1, 0.15) is 0 Å². The van der Waals surface area contributed by atoms with E-state index in [4.69, 9.17) is 5.73 Å². The molecule has 4 aromatic carbocycles. The van der Waals surface area contributed by atoms with Gasteiger partial charge in [-0.25, -0.2) is 0 Å². The van der Waals surface area contributed by atoms with E-state index in [0.717, 1.165) is 31.8 Å². The zero-order chi connectivity index (χ0) is 20.1. The van der Waals surface area contributed by atoms with Gasteiger partial charge in [0.2, 0.25) is 5.91 Å². The van der Waals surface area contributed by atoms with Crippen LogP contribution in [-0.2, 0) is 6.54 Å². The number of amides is 1. The minimum atomic E-state index is -0.421. The zero-order valence-corrected chi connectivity index (χ0v) is 17.5. The molecule has 0 aliphatic rings. The van der Waals surface area contributed by atoms with Crippen molar-refractivity contribution in [2.75, 3.05) is 0 Å². The van der Waals surface area contributed by atoms with Crippen molar-refractivity contribution < 1.29 is 4.79 Å². The van der Waals surface area contributed by atoms with Crippen LogP contribution in [0.15, 0.2) is 71.2 Å². The van der Waals surface area contributed by atoms with E-state index < -0.39 is 5.91 Å². The van der Waals surface area contributed by atoms with Gasteiger partial charge in [0.05, 0.1) is 11.0 Å². The Kier molecular flexibility index (Phi) is 4.18. The molecule has 3 nitrogen and oxygen atoms in total. The highest BCUT2D eigenvalue weighted by Crippen LogP contribution is 2.34. The lowest BCUT2D eigenvalue weighted by Gasteiger charge is -2.12. The first-order valence-corrected chi connectivity index (χ1v) is 10.2. The SMILES string of the molecule is Cc1c[c]c2c3c(C(N)=O)cccc3n(Cc3ccc4ccccc4c3Br)c2c1. The summed E-state index contributed by atoms with van der Waals surface area (Å²) in [6, 6.07) is 25.8. The minimum absolute atomic E-state index is 0.421. The van der Waals surface area contributed by atoms with E-state index in [9.17, 15) is 4.79 Å². The van der Waals surface area contributed by atoms with Crippen LogP contribution in [0.5, 0.6) is 0 Å². The molecule has 29 heavy (non-hydrogen) atoms. The molecule has 0 atom stereocenters. The number of hydrogen-bond donors (Lipinski definition) is 1. The molecule has 1 aromatic heterocycles. The molecule has 1 radical (unpaired) electrons. The summed E-state index contributed by atoms with van der Waals surface area (Å²) in [6.07, 6.45) is 0. The first-order valence-electron chi connectivity index (χ1n) is 9.44. The molecule has 0 bridgehead atoms. The fourth-order valence-corrected chi connectivity index (χ4v) is 4.73. The molecule has 0 saturated heterocycles. The lowest BCUT2D eigenvalue weighted by atomic mass is 10.1. The Bertz CT molecular complexity index is 1430. The summed E-state index contributed by atoms with van der Waals surface area (Å²) >= 11 is 3.81. The summed E-state index contributed by atoms with van der Waals surface area (Å²) in [5.74, 6) is -0.421. The number of nitrogens with two attached hydrogens (primary N) is 1. The van der Waals surface area contributed by atoms with Gasteiger partial charge in [-0.3, -0.25) is 4.79 Å². The van der Waals surface area contributed by atoms with Gasteiger partial charge in [0.25, 0.3) is 0 Å². The number of fused-ring (bicyclic) bond motifs is 4. The van der Waals surface area contributed by atoms with E-state index >= 15 is 0 Å². The van der Waals surface area contributed by atoms with Crippen molar-refractivity contribution in [3.63, 3.8) is 0 Å². The van der Waals surface area contributed by atoms with E-state index in [1.807, 2.05) is 24.3 Å². The van der Waals surface area contributed by atoms with Crippen molar-refractivity contribution in [2.45, 2.75) is 13.5 Å². The van der Waals surface area contributed by atoms with Crippen molar-refractivity contribution in [3.8, 4) is 0 Å². The standard InChI is InChI=1S/C25H18BrN2O/c1-15-9-12-19-22(13-15)28(21-8-4-7-20(23(19)21)25(27)29)14-17-11-10-16-5-2-3-6-18(16)24(17)26/h2-11,13H,14H2,1H3,(H2,27,29). The zero-order valence-electron chi connectivity index (χ0n) is 15.9. The van der Waals surface area contributed by atoms with Gasteiger partial charge in [0, 0.05) is 27.4 Å². The molecular weight excluding hydrogens is 424 g/mol. The normalized spacial score (nSPS) is 11.5. The molecule has 5 rings (SSSR count). The number of hydrogen-bond acceptors (Lipinski definition) is 1. The van der Waals surface area contributed by atoms with Crippen LogP contribution in [0.25, 0.3) is 32.6 Å². The Labute approximate surface area is 176 Å². The van der Waals surface area contributed by atoms with Gasteiger partial charge < -0.3 is 10.3 Å². The lowest BCUT2D eigenvalue weighted by molar-refractivity contribution is 0.100. The molecule has 0 spiro atoms. The summed E-state index contributed by atoms with van der Waals surface area (Å²) in [4.78, 5) is 12.1. The van der Waals surface area contributed by atoms with Crippen LogP contribution in [0.1, 0.15) is 21.5 Å². The first-order chi connectivity index (χ1) is 14.0. The maximum Gasteiger partial charge on any atom is 0.249 e. The van der Waals surface area contributed by atoms with Crippen LogP contribution in [0.4, 0.5) is 0 Å². The summed E-state index contributed by atoms with van der Waals surface area (Å²) in [5.41, 5.74) is 10.5. The van der Waals surface area contributed by atoms with Crippen LogP contribution in [0.2, 0.25) is 0 Å². The molecule has 5 aromatic rings. The number of benzene rings is 4. The fraction of sp³-hybridized carbons (Fsp3) is 0.0800. The molecule has 2 N–H and O–H groups in total. The van der Waals surface area contributed by atoms with E-state index in [2.05, 4.69) is 69.9 Å². The smallest absolute Gasteiger partial charge is 0.249 e. The largest absolute Gasteiger partial charge is 0.366 e. The molecule has 0 fully saturated rings. The Balaban J connectivity index is 1.81. The Morgan fingerprint density at radius 2 is 1.90 bits per heavy atom. The van der Waals surface area contributed by atoms with E-state index in [1.165, 1.54) is 16.3 Å². The number of aryl methyl sites for hydroxylation is 1. The molecule has 4 heteroatoms. The van der Waals surface area contributed by atoms with Crippen molar-refractivity contribution in [2.24, 2.45) is 5.73 Å². The third kappa shape index (κ3) is 2.83. The van der Waals surface area contributed by atoms with Gasteiger partial charge >= 0.3 is 0 Å². The molecule has 0 aliphatic heterocycles. The molecule has 0 saturated carbocycles. The predicted molar refractivity (Wildman–Crippen MR) is 122 cm³/mol. The van der Waals surface area contributed by atoms with Crippen molar-refractivity contribution in [1.29, 1.82) is 0 Å². The molecular formula is C25H18BrN2O. The predicted octanol–water partition coefficient (Wildman–Crippen LogP) is 5.97. The average Bonchev–Trinajstić information content (AvgIpc) is 3.03. The number of primary amides is 1. The Morgan fingerprint density at radius 3 is 2.72 bits per heavy atom. The minimum Gasteiger partial charge on any atom is -0.366 e. The second kappa shape index (κ2) is 6.75. The number of halogens is 1. The third-order valence-electron chi connectivity index (χ3n) is 5.48. The van der Waals surface area contributed by atoms with Crippen LogP contribution < -0.4 is 5.73 Å². The number of nitrogens with zero attached hydrogens (tertiary/aromatic N) is 1. The van der Waals surface area contributed by atoms with E-state index in [-0.39, 0.29) is 0 Å². The average molecular weight is 442 g/mol. The summed E-state index contributed by atoms with van der Waals surface area (Å²) in [5, 5.41) is 4.18. The lowest BCUT2D eigenvalue weighted by Crippen LogP contribution is -2.11. The molecule has 141 valence electrons. The Hall–Kier alpha value is -3.11. The second-order valence-electron chi connectivity index (χ2n) is 7.35. The van der Waals surface area contributed by atoms with Crippen LogP contribution >= 0.6 is 15.9 Å². The molecule has 0 aliphatic carbocycles. The number of aromatic nitrogens is 1. The summed E-state index contributed by atoms with van der Waals surface area (Å²) in [6.45, 7) is 2.73. The molecule has 1 heterocycles. The van der Waals surface area contributed by atoms with Gasteiger partial charge in [-0.1, -0.05) is 48.5 Å². The van der Waals surface area contributed by atoms with Crippen molar-refractivity contribution in [3.05, 3.63) is 94.0 Å². The van der Waals surface area contributed by atoms with E-state index in [1.54, 1.807) is 6.07 Å².